The average molecular weight is 317 g/mol. The van der Waals surface area contributed by atoms with Crippen molar-refractivity contribution < 1.29 is 4.39 Å². The standard InChI is InChI=1S/C20H16FN3/c1-13-10-15(5-7-18(13)21)20-17(4-3-9-22-20)16-6-8-19-23-11-14(2)24(19)12-16/h3-12H,1-2H3. The number of aryl methyl sites for hydroxylation is 2. The molecule has 24 heavy (non-hydrogen) atoms. The zero-order chi connectivity index (χ0) is 16.7. The van der Waals surface area contributed by atoms with Crippen LogP contribution < -0.4 is 0 Å². The topological polar surface area (TPSA) is 30.2 Å². The Morgan fingerprint density at radius 3 is 2.62 bits per heavy atom. The zero-order valence-corrected chi connectivity index (χ0v) is 13.5. The molecule has 0 atom stereocenters. The normalized spacial score (nSPS) is 11.1. The van der Waals surface area contributed by atoms with Crippen LogP contribution in [0.5, 0.6) is 0 Å². The smallest absolute Gasteiger partial charge is 0.136 e. The van der Waals surface area contributed by atoms with Crippen molar-refractivity contribution in [1.29, 1.82) is 0 Å². The van der Waals surface area contributed by atoms with Gasteiger partial charge in [-0.15, -0.1) is 0 Å². The number of halogens is 1. The monoisotopic (exact) mass is 317 g/mol. The van der Waals surface area contributed by atoms with Crippen LogP contribution in [0.15, 0.2) is 61.1 Å². The summed E-state index contributed by atoms with van der Waals surface area (Å²) >= 11 is 0. The highest BCUT2D eigenvalue weighted by atomic mass is 19.1. The van der Waals surface area contributed by atoms with E-state index in [4.69, 9.17) is 0 Å². The summed E-state index contributed by atoms with van der Waals surface area (Å²) < 4.78 is 15.6. The summed E-state index contributed by atoms with van der Waals surface area (Å²) in [4.78, 5) is 8.90. The number of hydrogen-bond donors (Lipinski definition) is 0. The maximum atomic E-state index is 13.6. The quantitative estimate of drug-likeness (QED) is 0.530. The summed E-state index contributed by atoms with van der Waals surface area (Å²) in [7, 11) is 0. The van der Waals surface area contributed by atoms with E-state index in [0.29, 0.717) is 5.56 Å². The minimum Gasteiger partial charge on any atom is -0.304 e. The first-order chi connectivity index (χ1) is 11.6. The van der Waals surface area contributed by atoms with E-state index in [1.165, 1.54) is 6.07 Å². The molecule has 3 aromatic heterocycles. The van der Waals surface area contributed by atoms with Crippen molar-refractivity contribution in [2.24, 2.45) is 0 Å². The molecule has 4 heteroatoms. The zero-order valence-electron chi connectivity index (χ0n) is 13.5. The van der Waals surface area contributed by atoms with E-state index in [1.54, 1.807) is 19.2 Å². The van der Waals surface area contributed by atoms with Crippen LogP contribution in [0.25, 0.3) is 28.0 Å². The number of rotatable bonds is 2. The van der Waals surface area contributed by atoms with Gasteiger partial charge in [0.15, 0.2) is 0 Å². The molecule has 0 unspecified atom stereocenters. The first kappa shape index (κ1) is 14.6. The molecule has 0 saturated heterocycles. The van der Waals surface area contributed by atoms with Gasteiger partial charge in [-0.05, 0) is 55.8 Å². The molecular weight excluding hydrogens is 301 g/mol. The molecule has 0 aliphatic carbocycles. The fourth-order valence-corrected chi connectivity index (χ4v) is 2.92. The number of imidazole rings is 1. The molecule has 0 N–H and O–H groups in total. The van der Waals surface area contributed by atoms with Gasteiger partial charge in [0, 0.05) is 41.0 Å². The lowest BCUT2D eigenvalue weighted by atomic mass is 9.99. The first-order valence-electron chi connectivity index (χ1n) is 7.79. The Kier molecular flexibility index (Phi) is 3.38. The highest BCUT2D eigenvalue weighted by Gasteiger charge is 2.11. The molecule has 0 saturated carbocycles. The largest absolute Gasteiger partial charge is 0.304 e. The fourth-order valence-electron chi connectivity index (χ4n) is 2.92. The third-order valence-electron chi connectivity index (χ3n) is 4.24. The van der Waals surface area contributed by atoms with E-state index in [1.807, 2.05) is 43.5 Å². The molecule has 0 spiro atoms. The van der Waals surface area contributed by atoms with Gasteiger partial charge in [-0.3, -0.25) is 4.98 Å². The van der Waals surface area contributed by atoms with Gasteiger partial charge in [-0.2, -0.15) is 0 Å². The molecule has 4 aromatic rings. The van der Waals surface area contributed by atoms with Crippen LogP contribution in [0, 0.1) is 19.7 Å². The van der Waals surface area contributed by atoms with E-state index >= 15 is 0 Å². The van der Waals surface area contributed by atoms with Gasteiger partial charge in [-0.1, -0.05) is 6.07 Å². The molecule has 118 valence electrons. The predicted molar refractivity (Wildman–Crippen MR) is 93.3 cm³/mol. The molecule has 0 bridgehead atoms. The molecule has 0 radical (unpaired) electrons. The maximum absolute atomic E-state index is 13.6. The van der Waals surface area contributed by atoms with Crippen molar-refractivity contribution in [2.75, 3.05) is 0 Å². The average Bonchev–Trinajstić information content (AvgIpc) is 2.98. The molecule has 0 aliphatic heterocycles. The second-order valence-electron chi connectivity index (χ2n) is 5.91. The third-order valence-corrected chi connectivity index (χ3v) is 4.24. The van der Waals surface area contributed by atoms with Crippen molar-refractivity contribution in [2.45, 2.75) is 13.8 Å². The number of hydrogen-bond acceptors (Lipinski definition) is 2. The van der Waals surface area contributed by atoms with Gasteiger partial charge < -0.3 is 4.40 Å². The molecule has 0 fully saturated rings. The predicted octanol–water partition coefficient (Wildman–Crippen LogP) is 4.82. The van der Waals surface area contributed by atoms with Crippen LogP contribution in [0.2, 0.25) is 0 Å². The SMILES string of the molecule is Cc1cc(-c2ncccc2-c2ccc3ncc(C)n3c2)ccc1F. The number of aromatic nitrogens is 3. The Morgan fingerprint density at radius 1 is 0.958 bits per heavy atom. The van der Waals surface area contributed by atoms with Crippen molar-refractivity contribution >= 4 is 5.65 Å². The second kappa shape index (κ2) is 5.57. The van der Waals surface area contributed by atoms with Crippen LogP contribution in [0.1, 0.15) is 11.3 Å². The summed E-state index contributed by atoms with van der Waals surface area (Å²) in [5.41, 5.74) is 6.43. The number of nitrogens with zero attached hydrogens (tertiary/aromatic N) is 3. The van der Waals surface area contributed by atoms with Crippen molar-refractivity contribution in [1.82, 2.24) is 14.4 Å². The van der Waals surface area contributed by atoms with Gasteiger partial charge in [0.25, 0.3) is 0 Å². The van der Waals surface area contributed by atoms with Gasteiger partial charge in [0.05, 0.1) is 5.69 Å². The van der Waals surface area contributed by atoms with E-state index in [9.17, 15) is 4.39 Å². The summed E-state index contributed by atoms with van der Waals surface area (Å²) in [6.07, 6.45) is 5.68. The van der Waals surface area contributed by atoms with Crippen LogP contribution in [0.4, 0.5) is 4.39 Å². The third kappa shape index (κ3) is 2.36. The highest BCUT2D eigenvalue weighted by molar-refractivity contribution is 5.81. The lowest BCUT2D eigenvalue weighted by Crippen LogP contribution is -1.93. The summed E-state index contributed by atoms with van der Waals surface area (Å²) in [5.74, 6) is -0.202. The number of pyridine rings is 2. The lowest BCUT2D eigenvalue weighted by Gasteiger charge is -2.10. The van der Waals surface area contributed by atoms with E-state index in [2.05, 4.69) is 20.6 Å². The molecule has 4 rings (SSSR count). The Hall–Kier alpha value is -3.01. The number of fused-ring (bicyclic) bond motifs is 1. The van der Waals surface area contributed by atoms with E-state index < -0.39 is 0 Å². The second-order valence-corrected chi connectivity index (χ2v) is 5.91. The molecule has 3 nitrogen and oxygen atoms in total. The Morgan fingerprint density at radius 2 is 1.79 bits per heavy atom. The van der Waals surface area contributed by atoms with Gasteiger partial charge in [-0.25, -0.2) is 9.37 Å². The van der Waals surface area contributed by atoms with Gasteiger partial charge in [0.1, 0.15) is 11.5 Å². The molecular formula is C20H16FN3. The first-order valence-corrected chi connectivity index (χ1v) is 7.79. The minimum atomic E-state index is -0.202. The van der Waals surface area contributed by atoms with Gasteiger partial charge >= 0.3 is 0 Å². The van der Waals surface area contributed by atoms with Gasteiger partial charge in [0.2, 0.25) is 0 Å². The van der Waals surface area contributed by atoms with Crippen molar-refractivity contribution in [3.8, 4) is 22.4 Å². The van der Waals surface area contributed by atoms with Crippen LogP contribution in [-0.4, -0.2) is 14.4 Å². The van der Waals surface area contributed by atoms with Crippen LogP contribution in [0.3, 0.4) is 0 Å². The minimum absolute atomic E-state index is 0.202. The molecule has 3 heterocycles. The summed E-state index contributed by atoms with van der Waals surface area (Å²) in [6, 6.07) is 13.1. The van der Waals surface area contributed by atoms with Crippen LogP contribution in [-0.2, 0) is 0 Å². The highest BCUT2D eigenvalue weighted by Crippen LogP contribution is 2.31. The Balaban J connectivity index is 1.91. The number of benzene rings is 1. The summed E-state index contributed by atoms with van der Waals surface area (Å²) in [6.45, 7) is 3.79. The van der Waals surface area contributed by atoms with Crippen LogP contribution >= 0.6 is 0 Å². The Bertz CT molecular complexity index is 1050. The molecule has 0 amide bonds. The Labute approximate surface area is 139 Å². The lowest BCUT2D eigenvalue weighted by molar-refractivity contribution is 0.619. The van der Waals surface area contributed by atoms with Crippen molar-refractivity contribution in [3.05, 3.63) is 78.1 Å². The maximum Gasteiger partial charge on any atom is 0.136 e. The van der Waals surface area contributed by atoms with Crippen molar-refractivity contribution in [3.63, 3.8) is 0 Å². The van der Waals surface area contributed by atoms with E-state index in [0.717, 1.165) is 33.7 Å². The molecule has 1 aromatic carbocycles. The summed E-state index contributed by atoms with van der Waals surface area (Å²) in [5, 5.41) is 0. The fraction of sp³-hybridized carbons (Fsp3) is 0.100. The van der Waals surface area contributed by atoms with E-state index in [-0.39, 0.29) is 5.82 Å². The molecule has 0 aliphatic rings.